The number of hydrogen-bond acceptors (Lipinski definition) is 3. The summed E-state index contributed by atoms with van der Waals surface area (Å²) in [5.74, 6) is 0.446. The molecule has 88 valence electrons. The molecule has 3 nitrogen and oxygen atoms in total. The van der Waals surface area contributed by atoms with Crippen LogP contribution >= 0.6 is 23.2 Å². The number of benzene rings is 1. The number of phenols is 1. The van der Waals surface area contributed by atoms with Crippen LogP contribution in [0.15, 0.2) is 18.2 Å². The van der Waals surface area contributed by atoms with Crippen LogP contribution in [0.1, 0.15) is 16.8 Å². The molecule has 0 amide bonds. The number of alkyl halides is 2. The zero-order valence-corrected chi connectivity index (χ0v) is 10.1. The minimum Gasteiger partial charge on any atom is -0.504 e. The van der Waals surface area contributed by atoms with Crippen LogP contribution in [-0.4, -0.2) is 29.3 Å². The Bertz CT molecular complexity index is 366. The van der Waals surface area contributed by atoms with Gasteiger partial charge in [0.2, 0.25) is 0 Å². The normalized spacial score (nSPS) is 10.1. The van der Waals surface area contributed by atoms with Crippen LogP contribution in [0.5, 0.6) is 11.5 Å². The molecule has 0 aliphatic heterocycles. The van der Waals surface area contributed by atoms with Crippen molar-refractivity contribution in [2.75, 3.05) is 18.4 Å². The molecule has 1 aromatic rings. The lowest BCUT2D eigenvalue weighted by Gasteiger charge is -2.08. The first-order valence-electron chi connectivity index (χ1n) is 4.80. The zero-order chi connectivity index (χ0) is 12.0. The quantitative estimate of drug-likeness (QED) is 0.487. The summed E-state index contributed by atoms with van der Waals surface area (Å²) in [6.07, 6.45) is 0.698. The summed E-state index contributed by atoms with van der Waals surface area (Å²) < 4.78 is 5.27. The van der Waals surface area contributed by atoms with Crippen LogP contribution in [0.2, 0.25) is 0 Å². The van der Waals surface area contributed by atoms with Gasteiger partial charge in [0.1, 0.15) is 0 Å². The first kappa shape index (κ1) is 13.1. The average molecular weight is 263 g/mol. The lowest BCUT2D eigenvalue weighted by atomic mass is 10.1. The fourth-order valence-corrected chi connectivity index (χ4v) is 1.39. The highest BCUT2D eigenvalue weighted by atomic mass is 35.5. The Hall–Kier alpha value is -0.930. The van der Waals surface area contributed by atoms with E-state index in [9.17, 15) is 9.90 Å². The van der Waals surface area contributed by atoms with E-state index < -0.39 is 0 Å². The van der Waals surface area contributed by atoms with Gasteiger partial charge in [-0.15, -0.1) is 23.2 Å². The van der Waals surface area contributed by atoms with E-state index >= 15 is 0 Å². The molecule has 16 heavy (non-hydrogen) atoms. The van der Waals surface area contributed by atoms with Gasteiger partial charge >= 0.3 is 0 Å². The largest absolute Gasteiger partial charge is 0.504 e. The molecule has 0 aromatic heterocycles. The number of Topliss-reactive ketones (excluding diaryl/α,β-unsaturated/α-hetero) is 1. The van der Waals surface area contributed by atoms with E-state index in [1.54, 1.807) is 12.1 Å². The van der Waals surface area contributed by atoms with Gasteiger partial charge in [-0.3, -0.25) is 4.79 Å². The number of ether oxygens (including phenoxy) is 1. The predicted octanol–water partition coefficient (Wildman–Crippen LogP) is 2.82. The van der Waals surface area contributed by atoms with Gasteiger partial charge in [-0.1, -0.05) is 0 Å². The number of carbonyl (C=O) groups excluding carboxylic acids is 1. The van der Waals surface area contributed by atoms with Gasteiger partial charge < -0.3 is 9.84 Å². The Morgan fingerprint density at radius 3 is 2.69 bits per heavy atom. The van der Waals surface area contributed by atoms with Crippen LogP contribution < -0.4 is 4.74 Å². The van der Waals surface area contributed by atoms with Crippen molar-refractivity contribution in [3.8, 4) is 11.5 Å². The standard InChI is InChI=1S/C11H12Cl2O3/c12-4-1-5-16-11-3-2-8(6-9(11)14)10(15)7-13/h2-3,6,14H,1,4-5,7H2. The van der Waals surface area contributed by atoms with E-state index in [4.69, 9.17) is 27.9 Å². The Kier molecular flexibility index (Phi) is 5.43. The third kappa shape index (κ3) is 3.58. The van der Waals surface area contributed by atoms with E-state index in [0.717, 1.165) is 0 Å². The van der Waals surface area contributed by atoms with E-state index in [2.05, 4.69) is 0 Å². The first-order chi connectivity index (χ1) is 7.69. The van der Waals surface area contributed by atoms with E-state index in [0.29, 0.717) is 30.2 Å². The highest BCUT2D eigenvalue weighted by molar-refractivity contribution is 6.30. The SMILES string of the molecule is O=C(CCl)c1ccc(OCCCCl)c(O)c1. The van der Waals surface area contributed by atoms with Crippen LogP contribution in [0.25, 0.3) is 0 Å². The van der Waals surface area contributed by atoms with Gasteiger partial charge in [0.25, 0.3) is 0 Å². The molecule has 5 heteroatoms. The molecule has 1 aromatic carbocycles. The van der Waals surface area contributed by atoms with Crippen molar-refractivity contribution in [3.05, 3.63) is 23.8 Å². The molecule has 0 unspecified atom stereocenters. The van der Waals surface area contributed by atoms with Gasteiger partial charge in [-0.2, -0.15) is 0 Å². The molecule has 1 rings (SSSR count). The molecular formula is C11H12Cl2O3. The summed E-state index contributed by atoms with van der Waals surface area (Å²) in [6.45, 7) is 0.430. The Labute approximate surface area is 104 Å². The lowest BCUT2D eigenvalue weighted by molar-refractivity contribution is 0.102. The number of ketones is 1. The maximum Gasteiger partial charge on any atom is 0.177 e. The summed E-state index contributed by atoms with van der Waals surface area (Å²) in [7, 11) is 0. The van der Waals surface area contributed by atoms with Gasteiger partial charge in [0, 0.05) is 11.4 Å². The topological polar surface area (TPSA) is 46.5 Å². The van der Waals surface area contributed by atoms with Crippen molar-refractivity contribution in [3.63, 3.8) is 0 Å². The summed E-state index contributed by atoms with van der Waals surface area (Å²) in [6, 6.07) is 4.46. The molecule has 0 atom stereocenters. The minimum absolute atomic E-state index is 0.0643. The number of carbonyl (C=O) groups is 1. The Morgan fingerprint density at radius 1 is 1.38 bits per heavy atom. The molecule has 0 fully saturated rings. The number of rotatable bonds is 6. The molecule has 0 bridgehead atoms. The van der Waals surface area contributed by atoms with Crippen LogP contribution in [0.4, 0.5) is 0 Å². The second kappa shape index (κ2) is 6.61. The summed E-state index contributed by atoms with van der Waals surface area (Å²) in [5, 5.41) is 9.58. The third-order valence-corrected chi connectivity index (χ3v) is 2.45. The highest BCUT2D eigenvalue weighted by Crippen LogP contribution is 2.27. The maximum atomic E-state index is 11.2. The first-order valence-corrected chi connectivity index (χ1v) is 5.87. The average Bonchev–Trinajstić information content (AvgIpc) is 2.30. The maximum absolute atomic E-state index is 11.2. The van der Waals surface area contributed by atoms with Gasteiger partial charge in [-0.05, 0) is 24.6 Å². The van der Waals surface area contributed by atoms with Crippen molar-refractivity contribution in [1.82, 2.24) is 0 Å². The van der Waals surface area contributed by atoms with Gasteiger partial charge in [0.15, 0.2) is 17.3 Å². The second-order valence-electron chi connectivity index (χ2n) is 3.13. The zero-order valence-electron chi connectivity index (χ0n) is 8.58. The van der Waals surface area contributed by atoms with E-state index in [-0.39, 0.29) is 17.4 Å². The van der Waals surface area contributed by atoms with Crippen molar-refractivity contribution < 1.29 is 14.6 Å². The molecule has 0 heterocycles. The van der Waals surface area contributed by atoms with Gasteiger partial charge in [0.05, 0.1) is 12.5 Å². The molecule has 0 saturated heterocycles. The minimum atomic E-state index is -0.232. The molecule has 0 aliphatic rings. The summed E-state index contributed by atoms with van der Waals surface area (Å²) in [4.78, 5) is 11.2. The number of aromatic hydroxyl groups is 1. The van der Waals surface area contributed by atoms with Crippen molar-refractivity contribution in [2.45, 2.75) is 6.42 Å². The van der Waals surface area contributed by atoms with Crippen LogP contribution in [0, 0.1) is 0 Å². The fraction of sp³-hybridized carbons (Fsp3) is 0.364. The molecule has 0 saturated carbocycles. The van der Waals surface area contributed by atoms with Crippen molar-refractivity contribution in [1.29, 1.82) is 0 Å². The lowest BCUT2D eigenvalue weighted by Crippen LogP contribution is -2.02. The van der Waals surface area contributed by atoms with Crippen molar-refractivity contribution >= 4 is 29.0 Å². The Balaban J connectivity index is 2.71. The fourth-order valence-electron chi connectivity index (χ4n) is 1.13. The summed E-state index contributed by atoms with van der Waals surface area (Å²) >= 11 is 10.9. The smallest absolute Gasteiger partial charge is 0.177 e. The third-order valence-electron chi connectivity index (χ3n) is 1.94. The highest BCUT2D eigenvalue weighted by Gasteiger charge is 2.08. The summed E-state index contributed by atoms with van der Waals surface area (Å²) in [5.41, 5.74) is 0.372. The Morgan fingerprint density at radius 2 is 2.12 bits per heavy atom. The van der Waals surface area contributed by atoms with Crippen molar-refractivity contribution in [2.24, 2.45) is 0 Å². The van der Waals surface area contributed by atoms with Crippen LogP contribution in [-0.2, 0) is 0 Å². The van der Waals surface area contributed by atoms with E-state index in [1.165, 1.54) is 6.07 Å². The monoisotopic (exact) mass is 262 g/mol. The molecular weight excluding hydrogens is 251 g/mol. The van der Waals surface area contributed by atoms with Gasteiger partial charge in [-0.25, -0.2) is 0 Å². The number of phenolic OH excluding ortho intramolecular Hbond substituents is 1. The van der Waals surface area contributed by atoms with Crippen LogP contribution in [0.3, 0.4) is 0 Å². The predicted molar refractivity (Wildman–Crippen MR) is 64.0 cm³/mol. The number of hydrogen-bond donors (Lipinski definition) is 1. The van der Waals surface area contributed by atoms with E-state index in [1.807, 2.05) is 0 Å². The molecule has 1 N–H and O–H groups in total. The molecule has 0 radical (unpaired) electrons. The second-order valence-corrected chi connectivity index (χ2v) is 3.78. The number of halogens is 2. The molecule has 0 spiro atoms. The molecule has 0 aliphatic carbocycles.